The molecule has 1 N–H and O–H groups in total. The minimum Gasteiger partial charge on any atom is -0.487 e. The van der Waals surface area contributed by atoms with Crippen molar-refractivity contribution in [3.63, 3.8) is 0 Å². The first-order valence-electron chi connectivity index (χ1n) is 7.06. The lowest BCUT2D eigenvalue weighted by atomic mass is 10.2. The van der Waals surface area contributed by atoms with Crippen LogP contribution in [0.1, 0.15) is 26.7 Å². The van der Waals surface area contributed by atoms with E-state index in [0.29, 0.717) is 0 Å². The Morgan fingerprint density at radius 1 is 1.21 bits per heavy atom. The predicted molar refractivity (Wildman–Crippen MR) is 79.6 cm³/mol. The zero-order chi connectivity index (χ0) is 13.5. The molecular formula is C16H22N2O. The number of hydrogen-bond donors (Lipinski definition) is 1. The van der Waals surface area contributed by atoms with Crippen molar-refractivity contribution in [1.29, 1.82) is 0 Å². The molecule has 19 heavy (non-hydrogen) atoms. The molecule has 0 spiro atoms. The number of para-hydroxylation sites is 1. The van der Waals surface area contributed by atoms with Crippen LogP contribution in [0.5, 0.6) is 5.75 Å². The molecule has 1 aromatic carbocycles. The molecule has 0 aliphatic heterocycles. The van der Waals surface area contributed by atoms with Gasteiger partial charge in [-0.2, -0.15) is 0 Å². The SMILES string of the molecule is CCCNCC(CC)Oc1cccc2cccnc12. The van der Waals surface area contributed by atoms with Crippen molar-refractivity contribution < 1.29 is 4.74 Å². The maximum atomic E-state index is 6.10. The Balaban J connectivity index is 2.10. The van der Waals surface area contributed by atoms with Crippen molar-refractivity contribution in [1.82, 2.24) is 10.3 Å². The molecule has 0 fully saturated rings. The van der Waals surface area contributed by atoms with Gasteiger partial charge in [0.05, 0.1) is 0 Å². The molecule has 0 amide bonds. The molecule has 1 aromatic heterocycles. The van der Waals surface area contributed by atoms with Gasteiger partial charge in [-0.25, -0.2) is 0 Å². The summed E-state index contributed by atoms with van der Waals surface area (Å²) in [4.78, 5) is 4.42. The number of aromatic nitrogens is 1. The predicted octanol–water partition coefficient (Wildman–Crippen LogP) is 3.39. The fraction of sp³-hybridized carbons (Fsp3) is 0.438. The topological polar surface area (TPSA) is 34.1 Å². The van der Waals surface area contributed by atoms with Gasteiger partial charge in [0.15, 0.2) is 0 Å². The zero-order valence-electron chi connectivity index (χ0n) is 11.7. The summed E-state index contributed by atoms with van der Waals surface area (Å²) in [6.07, 6.45) is 4.14. The first-order valence-corrected chi connectivity index (χ1v) is 7.06. The fourth-order valence-corrected chi connectivity index (χ4v) is 2.06. The minimum atomic E-state index is 0.194. The van der Waals surface area contributed by atoms with Crippen LogP contribution >= 0.6 is 0 Å². The summed E-state index contributed by atoms with van der Waals surface area (Å²) in [6.45, 7) is 6.24. The quantitative estimate of drug-likeness (QED) is 0.773. The third-order valence-corrected chi connectivity index (χ3v) is 3.14. The van der Waals surface area contributed by atoms with Crippen LogP contribution in [0.4, 0.5) is 0 Å². The van der Waals surface area contributed by atoms with Gasteiger partial charge in [-0.3, -0.25) is 4.98 Å². The van der Waals surface area contributed by atoms with E-state index in [1.807, 2.05) is 24.4 Å². The van der Waals surface area contributed by atoms with Gasteiger partial charge in [-0.05, 0) is 31.5 Å². The summed E-state index contributed by atoms with van der Waals surface area (Å²) in [5.74, 6) is 0.878. The Morgan fingerprint density at radius 3 is 2.84 bits per heavy atom. The maximum absolute atomic E-state index is 6.10. The summed E-state index contributed by atoms with van der Waals surface area (Å²) in [5.41, 5.74) is 0.943. The lowest BCUT2D eigenvalue weighted by Crippen LogP contribution is -2.31. The first-order chi connectivity index (χ1) is 9.35. The van der Waals surface area contributed by atoms with E-state index in [2.05, 4.69) is 36.3 Å². The highest BCUT2D eigenvalue weighted by Gasteiger charge is 2.10. The van der Waals surface area contributed by atoms with Crippen LogP contribution in [0, 0.1) is 0 Å². The van der Waals surface area contributed by atoms with Gasteiger partial charge in [-0.1, -0.05) is 32.0 Å². The van der Waals surface area contributed by atoms with Gasteiger partial charge in [0.1, 0.15) is 17.4 Å². The molecule has 0 radical (unpaired) electrons. The van der Waals surface area contributed by atoms with E-state index in [-0.39, 0.29) is 6.10 Å². The second kappa shape index (κ2) is 7.10. The molecule has 1 heterocycles. The third-order valence-electron chi connectivity index (χ3n) is 3.14. The minimum absolute atomic E-state index is 0.194. The molecule has 3 nitrogen and oxygen atoms in total. The second-order valence-electron chi connectivity index (χ2n) is 4.68. The Morgan fingerprint density at radius 2 is 2.05 bits per heavy atom. The summed E-state index contributed by atoms with van der Waals surface area (Å²) in [5, 5.41) is 4.53. The lowest BCUT2D eigenvalue weighted by Gasteiger charge is -2.19. The summed E-state index contributed by atoms with van der Waals surface area (Å²) < 4.78 is 6.10. The van der Waals surface area contributed by atoms with Gasteiger partial charge in [-0.15, -0.1) is 0 Å². The highest BCUT2D eigenvalue weighted by atomic mass is 16.5. The Hall–Kier alpha value is -1.61. The molecule has 0 bridgehead atoms. The Labute approximate surface area is 115 Å². The number of benzene rings is 1. The van der Waals surface area contributed by atoms with E-state index in [4.69, 9.17) is 4.74 Å². The molecule has 1 unspecified atom stereocenters. The van der Waals surface area contributed by atoms with Gasteiger partial charge < -0.3 is 10.1 Å². The normalized spacial score (nSPS) is 12.5. The highest BCUT2D eigenvalue weighted by Crippen LogP contribution is 2.24. The summed E-state index contributed by atoms with van der Waals surface area (Å²) in [6, 6.07) is 10.1. The van der Waals surface area contributed by atoms with Gasteiger partial charge in [0.2, 0.25) is 0 Å². The molecular weight excluding hydrogens is 236 g/mol. The number of nitrogens with zero attached hydrogens (tertiary/aromatic N) is 1. The van der Waals surface area contributed by atoms with E-state index in [0.717, 1.165) is 42.6 Å². The van der Waals surface area contributed by atoms with Crippen LogP contribution in [-0.4, -0.2) is 24.2 Å². The molecule has 0 saturated heterocycles. The number of ether oxygens (including phenoxy) is 1. The van der Waals surface area contributed by atoms with Crippen molar-refractivity contribution in [2.45, 2.75) is 32.8 Å². The maximum Gasteiger partial charge on any atom is 0.146 e. The average molecular weight is 258 g/mol. The molecule has 0 saturated carbocycles. The van der Waals surface area contributed by atoms with Gasteiger partial charge in [0, 0.05) is 18.1 Å². The van der Waals surface area contributed by atoms with Crippen molar-refractivity contribution in [3.05, 3.63) is 36.5 Å². The van der Waals surface area contributed by atoms with Crippen molar-refractivity contribution >= 4 is 10.9 Å². The highest BCUT2D eigenvalue weighted by molar-refractivity contribution is 5.84. The van der Waals surface area contributed by atoms with Crippen molar-refractivity contribution in [3.8, 4) is 5.75 Å². The Kier molecular flexibility index (Phi) is 5.16. The van der Waals surface area contributed by atoms with Crippen molar-refractivity contribution in [2.24, 2.45) is 0 Å². The smallest absolute Gasteiger partial charge is 0.146 e. The molecule has 0 aliphatic rings. The molecule has 2 aromatic rings. The largest absolute Gasteiger partial charge is 0.487 e. The number of hydrogen-bond acceptors (Lipinski definition) is 3. The molecule has 0 aliphatic carbocycles. The van der Waals surface area contributed by atoms with Crippen molar-refractivity contribution in [2.75, 3.05) is 13.1 Å². The van der Waals surface area contributed by atoms with E-state index in [9.17, 15) is 0 Å². The molecule has 1 atom stereocenters. The number of fused-ring (bicyclic) bond motifs is 1. The first kappa shape index (κ1) is 13.8. The number of nitrogens with one attached hydrogen (secondary N) is 1. The van der Waals surface area contributed by atoms with E-state index >= 15 is 0 Å². The third kappa shape index (κ3) is 3.67. The van der Waals surface area contributed by atoms with Gasteiger partial charge in [0.25, 0.3) is 0 Å². The van der Waals surface area contributed by atoms with Crippen LogP contribution in [0.2, 0.25) is 0 Å². The average Bonchev–Trinajstić information content (AvgIpc) is 2.46. The standard InChI is InChI=1S/C16H22N2O/c1-3-10-17-12-14(4-2)19-15-9-5-7-13-8-6-11-18-16(13)15/h5-9,11,14,17H,3-4,10,12H2,1-2H3. The lowest BCUT2D eigenvalue weighted by molar-refractivity contribution is 0.196. The van der Waals surface area contributed by atoms with E-state index in [1.165, 1.54) is 0 Å². The summed E-state index contributed by atoms with van der Waals surface area (Å²) >= 11 is 0. The Bertz CT molecular complexity index is 508. The monoisotopic (exact) mass is 258 g/mol. The zero-order valence-corrected chi connectivity index (χ0v) is 11.7. The van der Waals surface area contributed by atoms with Crippen LogP contribution in [0.25, 0.3) is 10.9 Å². The van der Waals surface area contributed by atoms with Gasteiger partial charge >= 0.3 is 0 Å². The van der Waals surface area contributed by atoms with Crippen LogP contribution in [0.15, 0.2) is 36.5 Å². The summed E-state index contributed by atoms with van der Waals surface area (Å²) in [7, 11) is 0. The van der Waals surface area contributed by atoms with Crippen LogP contribution < -0.4 is 10.1 Å². The van der Waals surface area contributed by atoms with E-state index in [1.54, 1.807) is 0 Å². The fourth-order valence-electron chi connectivity index (χ4n) is 2.06. The molecule has 2 rings (SSSR count). The van der Waals surface area contributed by atoms with Crippen LogP contribution in [0.3, 0.4) is 0 Å². The number of rotatable bonds is 7. The van der Waals surface area contributed by atoms with Crippen LogP contribution in [-0.2, 0) is 0 Å². The van der Waals surface area contributed by atoms with E-state index < -0.39 is 0 Å². The molecule has 102 valence electrons. The molecule has 3 heteroatoms. The second-order valence-corrected chi connectivity index (χ2v) is 4.68. The number of pyridine rings is 1.